The van der Waals surface area contributed by atoms with E-state index in [0.29, 0.717) is 11.8 Å². The lowest BCUT2D eigenvalue weighted by atomic mass is 9.89. The van der Waals surface area contributed by atoms with E-state index in [0.717, 1.165) is 23.3 Å². The van der Waals surface area contributed by atoms with Crippen LogP contribution in [-0.4, -0.2) is 20.2 Å². The fourth-order valence-corrected chi connectivity index (χ4v) is 2.87. The number of ether oxygens (including phenoxy) is 2. The first-order chi connectivity index (χ1) is 8.97. The lowest BCUT2D eigenvalue weighted by Gasteiger charge is -2.19. The first-order valence-electron chi connectivity index (χ1n) is 6.74. The number of carbonyl (C=O) groups excluding carboxylic acids is 1. The van der Waals surface area contributed by atoms with Crippen molar-refractivity contribution in [1.29, 1.82) is 0 Å². The topological polar surface area (TPSA) is 35.5 Å². The molecule has 0 spiro atoms. The van der Waals surface area contributed by atoms with Crippen LogP contribution in [0.3, 0.4) is 0 Å². The summed E-state index contributed by atoms with van der Waals surface area (Å²) >= 11 is 0. The maximum atomic E-state index is 12.1. The molecule has 3 nitrogen and oxygen atoms in total. The van der Waals surface area contributed by atoms with Gasteiger partial charge in [-0.3, -0.25) is 4.79 Å². The second-order valence-electron chi connectivity index (χ2n) is 5.68. The Bertz CT molecular complexity index is 493. The van der Waals surface area contributed by atoms with E-state index in [2.05, 4.69) is 26.8 Å². The highest BCUT2D eigenvalue weighted by atomic mass is 16.5. The van der Waals surface area contributed by atoms with Crippen LogP contribution in [0.15, 0.2) is 18.2 Å². The van der Waals surface area contributed by atoms with E-state index < -0.39 is 5.41 Å². The van der Waals surface area contributed by atoms with Crippen LogP contribution < -0.4 is 4.74 Å². The number of carbonyl (C=O) groups is 1. The zero-order valence-electron chi connectivity index (χ0n) is 12.3. The number of rotatable bonds is 4. The minimum Gasteiger partial charge on any atom is -0.496 e. The van der Waals surface area contributed by atoms with Gasteiger partial charge in [0.1, 0.15) is 5.75 Å². The zero-order valence-corrected chi connectivity index (χ0v) is 12.3. The number of methoxy groups -OCH3 is 2. The molecule has 19 heavy (non-hydrogen) atoms. The van der Waals surface area contributed by atoms with E-state index in [1.807, 2.05) is 12.1 Å². The van der Waals surface area contributed by atoms with Crippen molar-refractivity contribution in [2.45, 2.75) is 38.5 Å². The van der Waals surface area contributed by atoms with Gasteiger partial charge in [0, 0.05) is 0 Å². The standard InChI is InChI=1S/C16H22O3/c1-10(2)13-8-12(6-7-14(13)18-4)16(9-11(16)3)15(17)19-5/h6-8,10-11H,9H2,1-5H3. The Morgan fingerprint density at radius 3 is 2.42 bits per heavy atom. The van der Waals surface area contributed by atoms with Gasteiger partial charge in [0.15, 0.2) is 0 Å². The van der Waals surface area contributed by atoms with E-state index in [4.69, 9.17) is 9.47 Å². The minimum absolute atomic E-state index is 0.125. The molecule has 104 valence electrons. The van der Waals surface area contributed by atoms with Crippen molar-refractivity contribution in [1.82, 2.24) is 0 Å². The predicted octanol–water partition coefficient (Wildman–Crippen LogP) is 3.27. The summed E-state index contributed by atoms with van der Waals surface area (Å²) in [5.74, 6) is 1.46. The fraction of sp³-hybridized carbons (Fsp3) is 0.562. The lowest BCUT2D eigenvalue weighted by molar-refractivity contribution is -0.144. The lowest BCUT2D eigenvalue weighted by Crippen LogP contribution is -2.24. The first-order valence-corrected chi connectivity index (χ1v) is 6.74. The summed E-state index contributed by atoms with van der Waals surface area (Å²) in [5, 5.41) is 0. The summed E-state index contributed by atoms with van der Waals surface area (Å²) in [6.45, 7) is 6.35. The summed E-state index contributed by atoms with van der Waals surface area (Å²) < 4.78 is 10.4. The summed E-state index contributed by atoms with van der Waals surface area (Å²) in [6.07, 6.45) is 0.865. The molecular weight excluding hydrogens is 240 g/mol. The molecule has 0 N–H and O–H groups in total. The SMILES string of the molecule is COC(=O)C1(c2ccc(OC)c(C(C)C)c2)CC1C. The molecular formula is C16H22O3. The van der Waals surface area contributed by atoms with Crippen LogP contribution in [0.4, 0.5) is 0 Å². The van der Waals surface area contributed by atoms with Gasteiger partial charge in [-0.1, -0.05) is 32.9 Å². The van der Waals surface area contributed by atoms with Crippen molar-refractivity contribution >= 4 is 5.97 Å². The molecule has 2 unspecified atom stereocenters. The van der Waals surface area contributed by atoms with Gasteiger partial charge in [0.25, 0.3) is 0 Å². The molecule has 1 aromatic carbocycles. The van der Waals surface area contributed by atoms with E-state index >= 15 is 0 Å². The molecule has 0 heterocycles. The molecule has 0 aliphatic heterocycles. The Morgan fingerprint density at radius 1 is 1.37 bits per heavy atom. The number of hydrogen-bond donors (Lipinski definition) is 0. The van der Waals surface area contributed by atoms with E-state index in [-0.39, 0.29) is 5.97 Å². The second kappa shape index (κ2) is 4.87. The van der Waals surface area contributed by atoms with Gasteiger partial charge in [-0.2, -0.15) is 0 Å². The molecule has 1 aliphatic rings. The highest BCUT2D eigenvalue weighted by molar-refractivity contribution is 5.87. The van der Waals surface area contributed by atoms with Crippen LogP contribution in [0, 0.1) is 5.92 Å². The smallest absolute Gasteiger partial charge is 0.316 e. The van der Waals surface area contributed by atoms with E-state index in [9.17, 15) is 4.79 Å². The van der Waals surface area contributed by atoms with Crippen molar-refractivity contribution in [2.24, 2.45) is 5.92 Å². The van der Waals surface area contributed by atoms with Gasteiger partial charge in [-0.05, 0) is 35.4 Å². The predicted molar refractivity (Wildman–Crippen MR) is 74.6 cm³/mol. The zero-order chi connectivity index (χ0) is 14.2. The summed E-state index contributed by atoms with van der Waals surface area (Å²) in [5.41, 5.74) is 1.75. The Morgan fingerprint density at radius 2 is 2.00 bits per heavy atom. The van der Waals surface area contributed by atoms with Crippen molar-refractivity contribution in [3.63, 3.8) is 0 Å². The monoisotopic (exact) mass is 262 g/mol. The van der Waals surface area contributed by atoms with E-state index in [1.165, 1.54) is 7.11 Å². The van der Waals surface area contributed by atoms with Gasteiger partial charge >= 0.3 is 5.97 Å². The van der Waals surface area contributed by atoms with Crippen molar-refractivity contribution in [3.05, 3.63) is 29.3 Å². The highest BCUT2D eigenvalue weighted by Gasteiger charge is 2.59. The van der Waals surface area contributed by atoms with Crippen LogP contribution in [0.25, 0.3) is 0 Å². The Balaban J connectivity index is 2.46. The molecule has 1 aromatic rings. The normalized spacial score (nSPS) is 25.3. The third kappa shape index (κ3) is 2.11. The Hall–Kier alpha value is -1.51. The van der Waals surface area contributed by atoms with Crippen LogP contribution in [0.1, 0.15) is 44.2 Å². The summed E-state index contributed by atoms with van der Waals surface area (Å²) in [4.78, 5) is 12.1. The maximum Gasteiger partial charge on any atom is 0.316 e. The third-order valence-electron chi connectivity index (χ3n) is 4.23. The van der Waals surface area contributed by atoms with Crippen LogP contribution in [0.2, 0.25) is 0 Å². The number of benzene rings is 1. The van der Waals surface area contributed by atoms with Crippen molar-refractivity contribution < 1.29 is 14.3 Å². The van der Waals surface area contributed by atoms with Crippen molar-refractivity contribution in [2.75, 3.05) is 14.2 Å². The fourth-order valence-electron chi connectivity index (χ4n) is 2.87. The van der Waals surface area contributed by atoms with Gasteiger partial charge in [-0.25, -0.2) is 0 Å². The molecule has 0 radical (unpaired) electrons. The van der Waals surface area contributed by atoms with Crippen LogP contribution in [0.5, 0.6) is 5.75 Å². The number of esters is 1. The average Bonchev–Trinajstić information content (AvgIpc) is 3.09. The molecule has 3 heteroatoms. The Kier molecular flexibility index (Phi) is 3.57. The third-order valence-corrected chi connectivity index (χ3v) is 4.23. The van der Waals surface area contributed by atoms with Gasteiger partial charge in [-0.15, -0.1) is 0 Å². The van der Waals surface area contributed by atoms with Crippen LogP contribution >= 0.6 is 0 Å². The molecule has 0 saturated heterocycles. The number of hydrogen-bond acceptors (Lipinski definition) is 3. The maximum absolute atomic E-state index is 12.1. The minimum atomic E-state index is -0.440. The molecule has 0 aromatic heterocycles. The van der Waals surface area contributed by atoms with Gasteiger partial charge in [0.2, 0.25) is 0 Å². The molecule has 2 rings (SSSR count). The molecule has 2 atom stereocenters. The van der Waals surface area contributed by atoms with Crippen LogP contribution in [-0.2, 0) is 14.9 Å². The van der Waals surface area contributed by atoms with Crippen molar-refractivity contribution in [3.8, 4) is 5.75 Å². The quantitative estimate of drug-likeness (QED) is 0.781. The molecule has 1 aliphatic carbocycles. The van der Waals surface area contributed by atoms with Gasteiger partial charge < -0.3 is 9.47 Å². The summed E-state index contributed by atoms with van der Waals surface area (Å²) in [7, 11) is 3.14. The molecule has 0 amide bonds. The van der Waals surface area contributed by atoms with E-state index in [1.54, 1.807) is 7.11 Å². The largest absolute Gasteiger partial charge is 0.496 e. The molecule has 0 bridgehead atoms. The second-order valence-corrected chi connectivity index (χ2v) is 5.68. The first kappa shape index (κ1) is 13.9. The Labute approximate surface area is 114 Å². The highest BCUT2D eigenvalue weighted by Crippen LogP contribution is 2.55. The van der Waals surface area contributed by atoms with Gasteiger partial charge in [0.05, 0.1) is 19.6 Å². The molecule has 1 saturated carbocycles. The average molecular weight is 262 g/mol. The summed E-state index contributed by atoms with van der Waals surface area (Å²) in [6, 6.07) is 6.05. The molecule has 1 fully saturated rings.